The third-order valence-corrected chi connectivity index (χ3v) is 4.83. The standard InChI is InChI=1S/C20H20FN3OS/c1-15-3-2-4-18(13-15)24-12-11-23-20(24)26-14-19(25)22-10-9-16-5-7-17(21)8-6-16/h2-8,11-13H,9-10,14H2,1H3,(H,22,25). The Balaban J connectivity index is 1.49. The maximum absolute atomic E-state index is 12.9. The molecule has 3 rings (SSSR count). The highest BCUT2D eigenvalue weighted by molar-refractivity contribution is 7.99. The molecular weight excluding hydrogens is 349 g/mol. The monoisotopic (exact) mass is 369 g/mol. The molecule has 0 aliphatic heterocycles. The van der Waals surface area contributed by atoms with Crippen LogP contribution >= 0.6 is 11.8 Å². The number of benzene rings is 2. The van der Waals surface area contributed by atoms with Gasteiger partial charge in [0, 0.05) is 24.6 Å². The van der Waals surface area contributed by atoms with Crippen molar-refractivity contribution in [2.24, 2.45) is 0 Å². The molecule has 0 saturated carbocycles. The molecule has 0 aliphatic rings. The zero-order valence-electron chi connectivity index (χ0n) is 14.5. The van der Waals surface area contributed by atoms with Crippen molar-refractivity contribution in [3.05, 3.63) is 77.9 Å². The maximum atomic E-state index is 12.9. The molecule has 0 spiro atoms. The van der Waals surface area contributed by atoms with Crippen LogP contribution in [0.15, 0.2) is 66.1 Å². The van der Waals surface area contributed by atoms with Gasteiger partial charge in [-0.25, -0.2) is 9.37 Å². The molecule has 0 bridgehead atoms. The Morgan fingerprint density at radius 1 is 1.23 bits per heavy atom. The summed E-state index contributed by atoms with van der Waals surface area (Å²) in [5, 5.41) is 3.67. The Morgan fingerprint density at radius 2 is 2.04 bits per heavy atom. The minimum Gasteiger partial charge on any atom is -0.355 e. The Labute approximate surface area is 156 Å². The number of nitrogens with zero attached hydrogens (tertiary/aromatic N) is 2. The minimum atomic E-state index is -0.252. The van der Waals surface area contributed by atoms with Crippen molar-refractivity contribution in [2.45, 2.75) is 18.5 Å². The van der Waals surface area contributed by atoms with Crippen molar-refractivity contribution < 1.29 is 9.18 Å². The minimum absolute atomic E-state index is 0.0455. The normalized spacial score (nSPS) is 10.7. The lowest BCUT2D eigenvalue weighted by atomic mass is 10.1. The summed E-state index contributed by atoms with van der Waals surface area (Å²) in [4.78, 5) is 16.4. The third-order valence-electron chi connectivity index (χ3n) is 3.87. The van der Waals surface area contributed by atoms with Gasteiger partial charge in [0.15, 0.2) is 5.16 Å². The summed E-state index contributed by atoms with van der Waals surface area (Å²) in [7, 11) is 0. The van der Waals surface area contributed by atoms with Gasteiger partial charge >= 0.3 is 0 Å². The first kappa shape index (κ1) is 18.2. The quantitative estimate of drug-likeness (QED) is 0.645. The number of imidazole rings is 1. The van der Waals surface area contributed by atoms with Crippen molar-refractivity contribution in [1.82, 2.24) is 14.9 Å². The highest BCUT2D eigenvalue weighted by atomic mass is 32.2. The predicted octanol–water partition coefficient (Wildman–Crippen LogP) is 3.77. The number of rotatable bonds is 7. The van der Waals surface area contributed by atoms with E-state index >= 15 is 0 Å². The van der Waals surface area contributed by atoms with Gasteiger partial charge in [0.05, 0.1) is 5.75 Å². The van der Waals surface area contributed by atoms with Crippen molar-refractivity contribution in [3.63, 3.8) is 0 Å². The first-order valence-electron chi connectivity index (χ1n) is 8.36. The fraction of sp³-hybridized carbons (Fsp3) is 0.200. The average Bonchev–Trinajstić information content (AvgIpc) is 3.10. The predicted molar refractivity (Wildman–Crippen MR) is 102 cm³/mol. The Kier molecular flexibility index (Phi) is 6.07. The Morgan fingerprint density at radius 3 is 2.81 bits per heavy atom. The second-order valence-electron chi connectivity index (χ2n) is 5.93. The van der Waals surface area contributed by atoms with Gasteiger partial charge in [0.1, 0.15) is 5.82 Å². The second-order valence-corrected chi connectivity index (χ2v) is 6.88. The molecule has 6 heteroatoms. The van der Waals surface area contributed by atoms with E-state index in [1.807, 2.05) is 35.9 Å². The highest BCUT2D eigenvalue weighted by Gasteiger charge is 2.09. The molecule has 4 nitrogen and oxygen atoms in total. The molecule has 0 atom stereocenters. The lowest BCUT2D eigenvalue weighted by Crippen LogP contribution is -2.27. The van der Waals surface area contributed by atoms with E-state index in [1.165, 1.54) is 29.5 Å². The fourth-order valence-electron chi connectivity index (χ4n) is 2.55. The number of halogens is 1. The van der Waals surface area contributed by atoms with E-state index in [9.17, 15) is 9.18 Å². The first-order valence-corrected chi connectivity index (χ1v) is 9.35. The summed E-state index contributed by atoms with van der Waals surface area (Å²) < 4.78 is 14.8. The molecular formula is C20H20FN3OS. The van der Waals surface area contributed by atoms with E-state index in [2.05, 4.69) is 16.4 Å². The van der Waals surface area contributed by atoms with Gasteiger partial charge in [0.2, 0.25) is 5.91 Å². The van der Waals surface area contributed by atoms with Crippen LogP contribution in [-0.4, -0.2) is 27.8 Å². The van der Waals surface area contributed by atoms with Gasteiger partial charge in [-0.15, -0.1) is 0 Å². The van der Waals surface area contributed by atoms with Crippen LogP contribution in [0.4, 0.5) is 4.39 Å². The zero-order valence-corrected chi connectivity index (χ0v) is 15.3. The number of aromatic nitrogens is 2. The number of hydrogen-bond acceptors (Lipinski definition) is 3. The summed E-state index contributed by atoms with van der Waals surface area (Å²) in [5.41, 5.74) is 3.20. The summed E-state index contributed by atoms with van der Waals surface area (Å²) >= 11 is 1.40. The molecule has 0 radical (unpaired) electrons. The molecule has 0 unspecified atom stereocenters. The van der Waals surface area contributed by atoms with Crippen LogP contribution in [0.1, 0.15) is 11.1 Å². The van der Waals surface area contributed by atoms with E-state index in [-0.39, 0.29) is 11.7 Å². The number of amides is 1. The number of carbonyl (C=O) groups is 1. The zero-order chi connectivity index (χ0) is 18.4. The molecule has 2 aromatic carbocycles. The Bertz CT molecular complexity index is 877. The van der Waals surface area contributed by atoms with Gasteiger partial charge < -0.3 is 5.32 Å². The van der Waals surface area contributed by atoms with Crippen molar-refractivity contribution >= 4 is 17.7 Å². The topological polar surface area (TPSA) is 46.9 Å². The van der Waals surface area contributed by atoms with Gasteiger partial charge in [-0.2, -0.15) is 0 Å². The van der Waals surface area contributed by atoms with Crippen molar-refractivity contribution in [2.75, 3.05) is 12.3 Å². The molecule has 1 aromatic heterocycles. The number of carbonyl (C=O) groups excluding carboxylic acids is 1. The summed E-state index contributed by atoms with van der Waals surface area (Å²) in [6, 6.07) is 14.5. The van der Waals surface area contributed by atoms with E-state index in [1.54, 1.807) is 18.3 Å². The lowest BCUT2D eigenvalue weighted by Gasteiger charge is -2.09. The summed E-state index contributed by atoms with van der Waals surface area (Å²) in [6.07, 6.45) is 4.30. The fourth-order valence-corrected chi connectivity index (χ4v) is 3.35. The number of nitrogens with one attached hydrogen (secondary N) is 1. The van der Waals surface area contributed by atoms with Crippen LogP contribution in [0.25, 0.3) is 5.69 Å². The van der Waals surface area contributed by atoms with Gasteiger partial charge in [-0.05, 0) is 48.7 Å². The van der Waals surface area contributed by atoms with E-state index < -0.39 is 0 Å². The molecule has 3 aromatic rings. The Hall–Kier alpha value is -2.60. The van der Waals surface area contributed by atoms with Gasteiger partial charge in [0.25, 0.3) is 0 Å². The maximum Gasteiger partial charge on any atom is 0.230 e. The smallest absolute Gasteiger partial charge is 0.230 e. The van der Waals surface area contributed by atoms with Crippen LogP contribution in [0, 0.1) is 12.7 Å². The summed E-state index contributed by atoms with van der Waals surface area (Å²) in [5.74, 6) is 0.000828. The lowest BCUT2D eigenvalue weighted by molar-refractivity contribution is -0.118. The molecule has 1 amide bonds. The van der Waals surface area contributed by atoms with Crippen molar-refractivity contribution in [3.8, 4) is 5.69 Å². The average molecular weight is 369 g/mol. The van der Waals surface area contributed by atoms with Crippen LogP contribution in [-0.2, 0) is 11.2 Å². The van der Waals surface area contributed by atoms with Crippen LogP contribution in [0.5, 0.6) is 0 Å². The third kappa shape index (κ3) is 4.95. The van der Waals surface area contributed by atoms with E-state index in [4.69, 9.17) is 0 Å². The largest absolute Gasteiger partial charge is 0.355 e. The molecule has 0 saturated heterocycles. The van der Waals surface area contributed by atoms with Crippen molar-refractivity contribution in [1.29, 1.82) is 0 Å². The first-order chi connectivity index (χ1) is 12.6. The number of hydrogen-bond donors (Lipinski definition) is 1. The highest BCUT2D eigenvalue weighted by Crippen LogP contribution is 2.20. The summed E-state index contributed by atoms with van der Waals surface area (Å²) in [6.45, 7) is 2.57. The molecule has 0 fully saturated rings. The van der Waals surface area contributed by atoms with E-state index in [0.29, 0.717) is 18.7 Å². The van der Waals surface area contributed by atoms with Gasteiger partial charge in [-0.1, -0.05) is 36.0 Å². The SMILES string of the molecule is Cc1cccc(-n2ccnc2SCC(=O)NCCc2ccc(F)cc2)c1. The van der Waals surface area contributed by atoms with Crippen LogP contribution < -0.4 is 5.32 Å². The van der Waals surface area contributed by atoms with E-state index in [0.717, 1.165) is 16.4 Å². The molecule has 134 valence electrons. The van der Waals surface area contributed by atoms with Gasteiger partial charge in [-0.3, -0.25) is 9.36 Å². The molecule has 1 heterocycles. The number of aryl methyl sites for hydroxylation is 1. The van der Waals surface area contributed by atoms with Crippen LogP contribution in [0.2, 0.25) is 0 Å². The molecule has 26 heavy (non-hydrogen) atoms. The van der Waals surface area contributed by atoms with Crippen LogP contribution in [0.3, 0.4) is 0 Å². The second kappa shape index (κ2) is 8.67. The number of thioether (sulfide) groups is 1. The molecule has 0 aliphatic carbocycles. The molecule has 1 N–H and O–H groups in total.